The fourth-order valence-electron chi connectivity index (χ4n) is 3.76. The van der Waals surface area contributed by atoms with Gasteiger partial charge < -0.3 is 15.0 Å². The third-order valence-electron chi connectivity index (χ3n) is 4.94. The number of nitrogens with zero attached hydrogens (tertiary/aromatic N) is 1. The number of amides is 1. The van der Waals surface area contributed by atoms with Crippen LogP contribution in [0.2, 0.25) is 0 Å². The van der Waals surface area contributed by atoms with Gasteiger partial charge in [-0.1, -0.05) is 12.1 Å². The second-order valence-electron chi connectivity index (χ2n) is 7.77. The standard InChI is InChI=1S/C19H28N2O2/c1-13-7-8-15-16(11-19(2,3)23-17(15)10-13)20-18(22)14-6-5-9-21(4)12-14/h7-8,10,14,16H,5-6,9,11-12H2,1-4H3,(H,20,22)/t14-,16-/m0/s1. The minimum Gasteiger partial charge on any atom is -0.487 e. The number of rotatable bonds is 2. The molecule has 0 aliphatic carbocycles. The predicted octanol–water partition coefficient (Wildman–Crippen LogP) is 3.06. The summed E-state index contributed by atoms with van der Waals surface area (Å²) in [5.41, 5.74) is 2.02. The lowest BCUT2D eigenvalue weighted by Crippen LogP contribution is -2.46. The van der Waals surface area contributed by atoms with E-state index in [1.807, 2.05) is 0 Å². The number of piperidine rings is 1. The quantitative estimate of drug-likeness (QED) is 0.912. The molecule has 2 aliphatic heterocycles. The third-order valence-corrected chi connectivity index (χ3v) is 4.94. The summed E-state index contributed by atoms with van der Waals surface area (Å²) in [7, 11) is 2.09. The van der Waals surface area contributed by atoms with E-state index in [1.165, 1.54) is 5.56 Å². The van der Waals surface area contributed by atoms with Gasteiger partial charge in [-0.05, 0) is 58.8 Å². The van der Waals surface area contributed by atoms with Gasteiger partial charge in [-0.15, -0.1) is 0 Å². The molecule has 2 aliphatic rings. The molecular weight excluding hydrogens is 288 g/mol. The van der Waals surface area contributed by atoms with Crippen LogP contribution in [0.3, 0.4) is 0 Å². The Bertz CT molecular complexity index is 597. The first-order valence-electron chi connectivity index (χ1n) is 8.62. The van der Waals surface area contributed by atoms with E-state index in [-0.39, 0.29) is 23.5 Å². The predicted molar refractivity (Wildman–Crippen MR) is 91.6 cm³/mol. The van der Waals surface area contributed by atoms with E-state index >= 15 is 0 Å². The van der Waals surface area contributed by atoms with E-state index < -0.39 is 0 Å². The maximum Gasteiger partial charge on any atom is 0.224 e. The molecular formula is C19H28N2O2. The Labute approximate surface area is 139 Å². The first kappa shape index (κ1) is 16.3. The molecule has 1 fully saturated rings. The number of ether oxygens (including phenoxy) is 1. The van der Waals surface area contributed by atoms with Crippen LogP contribution in [0.15, 0.2) is 18.2 Å². The molecule has 4 heteroatoms. The van der Waals surface area contributed by atoms with E-state index in [2.05, 4.69) is 56.2 Å². The van der Waals surface area contributed by atoms with Crippen molar-refractivity contribution in [3.63, 3.8) is 0 Å². The summed E-state index contributed by atoms with van der Waals surface area (Å²) in [4.78, 5) is 15.0. The third kappa shape index (κ3) is 3.69. The Hall–Kier alpha value is -1.55. The van der Waals surface area contributed by atoms with Gasteiger partial charge in [0.25, 0.3) is 0 Å². The molecule has 4 nitrogen and oxygen atoms in total. The molecule has 1 saturated heterocycles. The molecule has 0 radical (unpaired) electrons. The van der Waals surface area contributed by atoms with Crippen LogP contribution in [0.4, 0.5) is 0 Å². The number of nitrogens with one attached hydrogen (secondary N) is 1. The highest BCUT2D eigenvalue weighted by molar-refractivity contribution is 5.79. The molecule has 0 bridgehead atoms. The molecule has 126 valence electrons. The average molecular weight is 316 g/mol. The molecule has 0 aromatic heterocycles. The lowest BCUT2D eigenvalue weighted by atomic mass is 9.88. The molecule has 0 saturated carbocycles. The Morgan fingerprint density at radius 2 is 2.17 bits per heavy atom. The van der Waals surface area contributed by atoms with Crippen molar-refractivity contribution in [3.05, 3.63) is 29.3 Å². The van der Waals surface area contributed by atoms with Gasteiger partial charge >= 0.3 is 0 Å². The van der Waals surface area contributed by atoms with Crippen LogP contribution in [0.5, 0.6) is 5.75 Å². The lowest BCUT2D eigenvalue weighted by Gasteiger charge is -2.39. The van der Waals surface area contributed by atoms with Gasteiger partial charge in [0.15, 0.2) is 0 Å². The molecule has 2 atom stereocenters. The van der Waals surface area contributed by atoms with Gasteiger partial charge in [-0.3, -0.25) is 4.79 Å². The topological polar surface area (TPSA) is 41.6 Å². The van der Waals surface area contributed by atoms with Crippen LogP contribution >= 0.6 is 0 Å². The zero-order valence-electron chi connectivity index (χ0n) is 14.7. The largest absolute Gasteiger partial charge is 0.487 e. The van der Waals surface area contributed by atoms with Gasteiger partial charge in [-0.2, -0.15) is 0 Å². The van der Waals surface area contributed by atoms with E-state index in [0.29, 0.717) is 0 Å². The Morgan fingerprint density at radius 1 is 1.39 bits per heavy atom. The highest BCUT2D eigenvalue weighted by Crippen LogP contribution is 2.40. The Morgan fingerprint density at radius 3 is 2.91 bits per heavy atom. The lowest BCUT2D eigenvalue weighted by molar-refractivity contribution is -0.127. The molecule has 1 aromatic carbocycles. The van der Waals surface area contributed by atoms with Crippen molar-refractivity contribution in [1.29, 1.82) is 0 Å². The first-order chi connectivity index (χ1) is 10.8. The van der Waals surface area contributed by atoms with Crippen LogP contribution in [-0.4, -0.2) is 36.5 Å². The summed E-state index contributed by atoms with van der Waals surface area (Å²) in [6.07, 6.45) is 2.89. The average Bonchev–Trinajstić information content (AvgIpc) is 2.45. The van der Waals surface area contributed by atoms with Crippen molar-refractivity contribution in [2.75, 3.05) is 20.1 Å². The summed E-state index contributed by atoms with van der Waals surface area (Å²) in [6, 6.07) is 6.30. The van der Waals surface area contributed by atoms with Crippen LogP contribution in [0.1, 0.15) is 50.3 Å². The molecule has 1 N–H and O–H groups in total. The second-order valence-corrected chi connectivity index (χ2v) is 7.77. The minimum absolute atomic E-state index is 0.0362. The monoisotopic (exact) mass is 316 g/mol. The normalized spacial score (nSPS) is 27.0. The van der Waals surface area contributed by atoms with Crippen LogP contribution in [0, 0.1) is 12.8 Å². The summed E-state index contributed by atoms with van der Waals surface area (Å²) >= 11 is 0. The van der Waals surface area contributed by atoms with Crippen molar-refractivity contribution in [3.8, 4) is 5.75 Å². The van der Waals surface area contributed by atoms with Crippen LogP contribution in [0.25, 0.3) is 0 Å². The molecule has 1 amide bonds. The van der Waals surface area contributed by atoms with E-state index in [0.717, 1.165) is 43.7 Å². The number of hydrogen-bond donors (Lipinski definition) is 1. The molecule has 1 aromatic rings. The number of fused-ring (bicyclic) bond motifs is 1. The second kappa shape index (κ2) is 6.16. The highest BCUT2D eigenvalue weighted by atomic mass is 16.5. The number of aryl methyl sites for hydroxylation is 1. The number of hydrogen-bond acceptors (Lipinski definition) is 3. The molecule has 2 heterocycles. The van der Waals surface area contributed by atoms with Crippen molar-refractivity contribution in [2.24, 2.45) is 5.92 Å². The molecule has 0 unspecified atom stereocenters. The zero-order chi connectivity index (χ0) is 16.6. The summed E-state index contributed by atoms with van der Waals surface area (Å²) in [5, 5.41) is 3.29. The Kier molecular flexibility index (Phi) is 4.37. The van der Waals surface area contributed by atoms with Crippen molar-refractivity contribution < 1.29 is 9.53 Å². The first-order valence-corrected chi connectivity index (χ1v) is 8.62. The van der Waals surface area contributed by atoms with Crippen LogP contribution < -0.4 is 10.1 Å². The van der Waals surface area contributed by atoms with Gasteiger partial charge in [-0.25, -0.2) is 0 Å². The number of benzene rings is 1. The maximum atomic E-state index is 12.7. The number of carbonyl (C=O) groups is 1. The van der Waals surface area contributed by atoms with Gasteiger partial charge in [0.1, 0.15) is 11.4 Å². The smallest absolute Gasteiger partial charge is 0.224 e. The van der Waals surface area contributed by atoms with Crippen molar-refractivity contribution in [2.45, 2.75) is 51.7 Å². The summed E-state index contributed by atoms with van der Waals surface area (Å²) < 4.78 is 6.11. The summed E-state index contributed by atoms with van der Waals surface area (Å²) in [5.74, 6) is 1.20. The SMILES string of the molecule is Cc1ccc2c(c1)OC(C)(C)C[C@@H]2NC(=O)[C@H]1CCCN(C)C1. The van der Waals surface area contributed by atoms with Crippen molar-refractivity contribution in [1.82, 2.24) is 10.2 Å². The van der Waals surface area contributed by atoms with Gasteiger partial charge in [0.2, 0.25) is 5.91 Å². The molecule has 23 heavy (non-hydrogen) atoms. The highest BCUT2D eigenvalue weighted by Gasteiger charge is 2.36. The van der Waals surface area contributed by atoms with Gasteiger partial charge in [0, 0.05) is 18.5 Å². The Balaban J connectivity index is 1.78. The maximum absolute atomic E-state index is 12.7. The number of likely N-dealkylation sites (tertiary alicyclic amines) is 1. The fourth-order valence-corrected chi connectivity index (χ4v) is 3.76. The van der Waals surface area contributed by atoms with Crippen LogP contribution in [-0.2, 0) is 4.79 Å². The fraction of sp³-hybridized carbons (Fsp3) is 0.632. The van der Waals surface area contributed by atoms with E-state index in [1.54, 1.807) is 0 Å². The van der Waals surface area contributed by atoms with E-state index in [9.17, 15) is 4.79 Å². The molecule has 3 rings (SSSR count). The van der Waals surface area contributed by atoms with Gasteiger partial charge in [0.05, 0.1) is 12.0 Å². The van der Waals surface area contributed by atoms with E-state index in [4.69, 9.17) is 4.74 Å². The minimum atomic E-state index is -0.262. The van der Waals surface area contributed by atoms with Crippen molar-refractivity contribution >= 4 is 5.91 Å². The number of carbonyl (C=O) groups excluding carboxylic acids is 1. The zero-order valence-corrected chi connectivity index (χ0v) is 14.7. The summed E-state index contributed by atoms with van der Waals surface area (Å²) in [6.45, 7) is 8.20. The molecule has 0 spiro atoms.